The molecule has 11 heavy (non-hydrogen) atoms. The first-order chi connectivity index (χ1) is 4.99. The highest BCUT2D eigenvalue weighted by molar-refractivity contribution is 4.91. The third-order valence-electron chi connectivity index (χ3n) is 1.42. The van der Waals surface area contributed by atoms with Crippen molar-refractivity contribution in [3.63, 3.8) is 0 Å². The molecule has 0 saturated heterocycles. The van der Waals surface area contributed by atoms with Gasteiger partial charge in [-0.05, 0) is 18.4 Å². The lowest BCUT2D eigenvalue weighted by Crippen LogP contribution is -2.31. The van der Waals surface area contributed by atoms with E-state index in [0.717, 1.165) is 13.0 Å². The average Bonchev–Trinajstić information content (AvgIpc) is 1.84. The van der Waals surface area contributed by atoms with Crippen molar-refractivity contribution in [3.8, 4) is 6.07 Å². The van der Waals surface area contributed by atoms with Gasteiger partial charge >= 0.3 is 0 Å². The molecule has 0 aromatic rings. The molecular formula is C9H18N2. The lowest BCUT2D eigenvalue weighted by molar-refractivity contribution is 0.341. The van der Waals surface area contributed by atoms with Crippen LogP contribution in [0.3, 0.4) is 0 Å². The van der Waals surface area contributed by atoms with Gasteiger partial charge in [0.2, 0.25) is 0 Å². The molecule has 0 radical (unpaired) electrons. The summed E-state index contributed by atoms with van der Waals surface area (Å²) in [5.41, 5.74) is 0.239. The maximum Gasteiger partial charge on any atom is 0.0957 e. The average molecular weight is 154 g/mol. The van der Waals surface area contributed by atoms with Crippen LogP contribution in [0, 0.1) is 16.7 Å². The van der Waals surface area contributed by atoms with Crippen LogP contribution >= 0.6 is 0 Å². The van der Waals surface area contributed by atoms with E-state index in [1.807, 2.05) is 6.92 Å². The third-order valence-corrected chi connectivity index (χ3v) is 1.42. The maximum absolute atomic E-state index is 8.71. The summed E-state index contributed by atoms with van der Waals surface area (Å²) >= 11 is 0. The molecule has 0 saturated carbocycles. The molecule has 2 nitrogen and oxygen atoms in total. The van der Waals surface area contributed by atoms with Crippen LogP contribution in [-0.4, -0.2) is 12.6 Å². The van der Waals surface area contributed by atoms with E-state index in [2.05, 4.69) is 32.2 Å². The van der Waals surface area contributed by atoms with Gasteiger partial charge in [-0.3, -0.25) is 0 Å². The zero-order valence-corrected chi connectivity index (χ0v) is 7.94. The van der Waals surface area contributed by atoms with Gasteiger partial charge in [-0.15, -0.1) is 0 Å². The van der Waals surface area contributed by atoms with Crippen molar-refractivity contribution >= 4 is 0 Å². The molecule has 0 aromatic carbocycles. The Kier molecular flexibility index (Phi) is 4.14. The Bertz CT molecular complexity index is 139. The fourth-order valence-electron chi connectivity index (χ4n) is 1.02. The molecule has 0 fully saturated rings. The Morgan fingerprint density at radius 1 is 1.45 bits per heavy atom. The van der Waals surface area contributed by atoms with Crippen molar-refractivity contribution in [1.29, 1.82) is 5.26 Å². The van der Waals surface area contributed by atoms with Crippen molar-refractivity contribution in [1.82, 2.24) is 5.32 Å². The summed E-state index contributed by atoms with van der Waals surface area (Å²) in [6, 6.07) is 2.26. The molecule has 0 rings (SSSR count). The third kappa shape index (κ3) is 5.87. The van der Waals surface area contributed by atoms with Crippen LogP contribution in [0.15, 0.2) is 0 Å². The fourth-order valence-corrected chi connectivity index (χ4v) is 1.02. The van der Waals surface area contributed by atoms with Crippen LogP contribution < -0.4 is 5.32 Å². The van der Waals surface area contributed by atoms with Gasteiger partial charge in [0.1, 0.15) is 0 Å². The van der Waals surface area contributed by atoms with E-state index in [4.69, 9.17) is 5.26 Å². The van der Waals surface area contributed by atoms with Crippen LogP contribution in [0.4, 0.5) is 0 Å². The largest absolute Gasteiger partial charge is 0.302 e. The zero-order valence-electron chi connectivity index (χ0n) is 7.94. The van der Waals surface area contributed by atoms with Crippen LogP contribution in [0.1, 0.15) is 34.1 Å². The summed E-state index contributed by atoms with van der Waals surface area (Å²) in [5, 5.41) is 11.8. The Morgan fingerprint density at radius 2 is 2.00 bits per heavy atom. The summed E-state index contributed by atoms with van der Waals surface area (Å²) in [4.78, 5) is 0. The quantitative estimate of drug-likeness (QED) is 0.674. The predicted molar refractivity (Wildman–Crippen MR) is 47.1 cm³/mol. The van der Waals surface area contributed by atoms with Crippen LogP contribution in [-0.2, 0) is 0 Å². The standard InChI is InChI=1S/C9H18N2/c1-5-11-8(7-10)6-9(2,3)4/h8,11H,5-6H2,1-4H3. The highest BCUT2D eigenvalue weighted by atomic mass is 14.9. The molecule has 0 aliphatic heterocycles. The summed E-state index contributed by atoms with van der Waals surface area (Å²) in [6.45, 7) is 9.33. The summed E-state index contributed by atoms with van der Waals surface area (Å²) in [6.07, 6.45) is 0.914. The fraction of sp³-hybridized carbons (Fsp3) is 0.889. The van der Waals surface area contributed by atoms with Crippen LogP contribution in [0.2, 0.25) is 0 Å². The summed E-state index contributed by atoms with van der Waals surface area (Å²) < 4.78 is 0. The molecule has 0 aliphatic rings. The first-order valence-electron chi connectivity index (χ1n) is 4.12. The van der Waals surface area contributed by atoms with Crippen LogP contribution in [0.5, 0.6) is 0 Å². The van der Waals surface area contributed by atoms with E-state index in [0.29, 0.717) is 0 Å². The molecule has 2 heteroatoms. The van der Waals surface area contributed by atoms with Gasteiger partial charge in [-0.1, -0.05) is 27.7 Å². The number of rotatable bonds is 3. The number of hydrogen-bond acceptors (Lipinski definition) is 2. The maximum atomic E-state index is 8.71. The molecule has 0 spiro atoms. The summed E-state index contributed by atoms with van der Waals surface area (Å²) in [5.74, 6) is 0. The van der Waals surface area contributed by atoms with Gasteiger partial charge in [0.25, 0.3) is 0 Å². The van der Waals surface area contributed by atoms with E-state index >= 15 is 0 Å². The molecule has 0 heterocycles. The number of nitrogens with zero attached hydrogens (tertiary/aromatic N) is 1. The monoisotopic (exact) mass is 154 g/mol. The Labute approximate surface area is 69.6 Å². The first kappa shape index (κ1) is 10.4. The van der Waals surface area contributed by atoms with Gasteiger partial charge in [-0.2, -0.15) is 5.26 Å². The Morgan fingerprint density at radius 3 is 2.27 bits per heavy atom. The molecule has 1 N–H and O–H groups in total. The van der Waals surface area contributed by atoms with Gasteiger partial charge in [-0.25, -0.2) is 0 Å². The minimum atomic E-state index is 0.0139. The van der Waals surface area contributed by atoms with E-state index < -0.39 is 0 Å². The normalized spacial score (nSPS) is 14.1. The molecule has 64 valence electrons. The molecule has 1 unspecified atom stereocenters. The summed E-state index contributed by atoms with van der Waals surface area (Å²) in [7, 11) is 0. The van der Waals surface area contributed by atoms with E-state index in [1.165, 1.54) is 0 Å². The SMILES string of the molecule is CCNC(C#N)CC(C)(C)C. The molecule has 1 atom stereocenters. The predicted octanol–water partition coefficient (Wildman–Crippen LogP) is 1.92. The highest BCUT2D eigenvalue weighted by Crippen LogP contribution is 2.20. The molecule has 0 bridgehead atoms. The van der Waals surface area contributed by atoms with Gasteiger partial charge < -0.3 is 5.32 Å². The van der Waals surface area contributed by atoms with Gasteiger partial charge in [0, 0.05) is 0 Å². The Balaban J connectivity index is 3.81. The van der Waals surface area contributed by atoms with E-state index in [9.17, 15) is 0 Å². The van der Waals surface area contributed by atoms with Crippen molar-refractivity contribution < 1.29 is 0 Å². The molecule has 0 aliphatic carbocycles. The molecule has 0 aromatic heterocycles. The molecular weight excluding hydrogens is 136 g/mol. The smallest absolute Gasteiger partial charge is 0.0957 e. The van der Waals surface area contributed by atoms with Crippen LogP contribution in [0.25, 0.3) is 0 Å². The second-order valence-electron chi connectivity index (χ2n) is 4.00. The van der Waals surface area contributed by atoms with E-state index in [1.54, 1.807) is 0 Å². The second kappa shape index (κ2) is 4.35. The lowest BCUT2D eigenvalue weighted by Gasteiger charge is -2.21. The number of nitrogens with one attached hydrogen (secondary N) is 1. The van der Waals surface area contributed by atoms with Crippen molar-refractivity contribution in [2.24, 2.45) is 5.41 Å². The highest BCUT2D eigenvalue weighted by Gasteiger charge is 2.16. The topological polar surface area (TPSA) is 35.8 Å². The first-order valence-corrected chi connectivity index (χ1v) is 4.12. The lowest BCUT2D eigenvalue weighted by atomic mass is 9.88. The van der Waals surface area contributed by atoms with Gasteiger partial charge in [0.15, 0.2) is 0 Å². The van der Waals surface area contributed by atoms with E-state index in [-0.39, 0.29) is 11.5 Å². The zero-order chi connectivity index (χ0) is 8.91. The van der Waals surface area contributed by atoms with Crippen molar-refractivity contribution in [3.05, 3.63) is 0 Å². The van der Waals surface area contributed by atoms with Crippen molar-refractivity contribution in [2.45, 2.75) is 40.2 Å². The second-order valence-corrected chi connectivity index (χ2v) is 4.00. The van der Waals surface area contributed by atoms with Crippen molar-refractivity contribution in [2.75, 3.05) is 6.54 Å². The minimum Gasteiger partial charge on any atom is -0.302 e. The number of nitriles is 1. The number of hydrogen-bond donors (Lipinski definition) is 1. The van der Waals surface area contributed by atoms with Gasteiger partial charge in [0.05, 0.1) is 12.1 Å². The minimum absolute atomic E-state index is 0.0139. The molecule has 0 amide bonds. The Hall–Kier alpha value is -0.550.